The van der Waals surface area contributed by atoms with Crippen LogP contribution in [0.4, 0.5) is 13.2 Å². The second-order valence-electron chi connectivity index (χ2n) is 5.30. The molecule has 0 bridgehead atoms. The largest absolute Gasteiger partial charge is 0.487 e. The lowest BCUT2D eigenvalue weighted by Gasteiger charge is -2.39. The number of likely N-dealkylation sites (tertiary alicyclic amines) is 1. The normalized spacial score (nSPS) is 18.4. The fourth-order valence-corrected chi connectivity index (χ4v) is 2.61. The first-order chi connectivity index (χ1) is 9.70. The molecule has 0 N–H and O–H groups in total. The maximum Gasteiger partial charge on any atom is 0.471 e. The first-order valence-electron chi connectivity index (χ1n) is 6.50. The third-order valence-corrected chi connectivity index (χ3v) is 4.25. The summed E-state index contributed by atoms with van der Waals surface area (Å²) in [5, 5.41) is 0. The van der Waals surface area contributed by atoms with Crippen molar-refractivity contribution in [1.29, 1.82) is 0 Å². The van der Waals surface area contributed by atoms with E-state index in [4.69, 9.17) is 4.74 Å². The van der Waals surface area contributed by atoms with Crippen molar-refractivity contribution < 1.29 is 22.7 Å². The average Bonchev–Trinajstić information content (AvgIpc) is 2.40. The van der Waals surface area contributed by atoms with Crippen LogP contribution in [0.1, 0.15) is 19.8 Å². The number of halogens is 4. The molecule has 1 aromatic rings. The van der Waals surface area contributed by atoms with Gasteiger partial charge in [0.1, 0.15) is 11.4 Å². The highest BCUT2D eigenvalue weighted by molar-refractivity contribution is 14.1. The molecular formula is C14H15F3INO2. The smallest absolute Gasteiger partial charge is 0.471 e. The van der Waals surface area contributed by atoms with E-state index in [1.807, 2.05) is 31.2 Å². The van der Waals surface area contributed by atoms with Crippen LogP contribution >= 0.6 is 22.6 Å². The van der Waals surface area contributed by atoms with E-state index in [1.54, 1.807) is 0 Å². The number of carbonyl (C=O) groups excluding carboxylic acids is 1. The molecule has 1 aromatic carbocycles. The number of carbonyl (C=O) groups is 1. The number of nitrogens with zero attached hydrogens (tertiary/aromatic N) is 1. The van der Waals surface area contributed by atoms with Crippen LogP contribution in [0.2, 0.25) is 0 Å². The second kappa shape index (κ2) is 6.02. The minimum Gasteiger partial charge on any atom is -0.487 e. The molecule has 0 atom stereocenters. The summed E-state index contributed by atoms with van der Waals surface area (Å²) in [4.78, 5) is 12.0. The molecule has 0 radical (unpaired) electrons. The van der Waals surface area contributed by atoms with Gasteiger partial charge in [-0.05, 0) is 53.8 Å². The summed E-state index contributed by atoms with van der Waals surface area (Å²) in [5.41, 5.74) is -0.546. The molecule has 0 aromatic heterocycles. The second-order valence-corrected chi connectivity index (χ2v) is 6.54. The number of piperidine rings is 1. The highest BCUT2D eigenvalue weighted by Crippen LogP contribution is 2.30. The lowest BCUT2D eigenvalue weighted by molar-refractivity contribution is -0.188. The molecule has 21 heavy (non-hydrogen) atoms. The van der Waals surface area contributed by atoms with E-state index < -0.39 is 17.7 Å². The van der Waals surface area contributed by atoms with Crippen LogP contribution in [-0.2, 0) is 4.79 Å². The highest BCUT2D eigenvalue weighted by Gasteiger charge is 2.45. The van der Waals surface area contributed by atoms with Crippen molar-refractivity contribution in [2.75, 3.05) is 13.1 Å². The SMILES string of the molecule is CC1(Oc2ccc(I)cc2)CCN(C(=O)C(F)(F)F)CC1. The van der Waals surface area contributed by atoms with Gasteiger partial charge in [0.2, 0.25) is 0 Å². The van der Waals surface area contributed by atoms with Crippen molar-refractivity contribution in [3.63, 3.8) is 0 Å². The molecule has 0 aliphatic carbocycles. The molecule has 0 unspecified atom stereocenters. The Morgan fingerprint density at radius 2 is 1.76 bits per heavy atom. The van der Waals surface area contributed by atoms with Gasteiger partial charge >= 0.3 is 12.1 Å². The average molecular weight is 413 g/mol. The van der Waals surface area contributed by atoms with Gasteiger partial charge < -0.3 is 9.64 Å². The minimum absolute atomic E-state index is 0.0548. The Kier molecular flexibility index (Phi) is 4.69. The summed E-state index contributed by atoms with van der Waals surface area (Å²) in [5.74, 6) is -1.08. The van der Waals surface area contributed by atoms with E-state index in [9.17, 15) is 18.0 Å². The highest BCUT2D eigenvalue weighted by atomic mass is 127. The summed E-state index contributed by atoms with van der Waals surface area (Å²) < 4.78 is 44.1. The first kappa shape index (κ1) is 16.4. The number of benzene rings is 1. The molecule has 116 valence electrons. The molecule has 0 spiro atoms. The lowest BCUT2D eigenvalue weighted by Crippen LogP contribution is -2.51. The topological polar surface area (TPSA) is 29.5 Å². The molecule has 1 fully saturated rings. The van der Waals surface area contributed by atoms with Crippen LogP contribution in [0.3, 0.4) is 0 Å². The summed E-state index contributed by atoms with van der Waals surface area (Å²) >= 11 is 2.18. The Labute approximate surface area is 134 Å². The van der Waals surface area contributed by atoms with Crippen LogP contribution in [0.25, 0.3) is 0 Å². The molecule has 1 amide bonds. The Bertz CT molecular complexity index is 508. The summed E-state index contributed by atoms with van der Waals surface area (Å²) in [6, 6.07) is 7.48. The minimum atomic E-state index is -4.80. The number of hydrogen-bond donors (Lipinski definition) is 0. The summed E-state index contributed by atoms with van der Waals surface area (Å²) in [6.45, 7) is 1.97. The number of alkyl halides is 3. The van der Waals surface area contributed by atoms with Crippen LogP contribution in [0.5, 0.6) is 5.75 Å². The van der Waals surface area contributed by atoms with Crippen LogP contribution in [0.15, 0.2) is 24.3 Å². The van der Waals surface area contributed by atoms with Crippen molar-refractivity contribution in [2.24, 2.45) is 0 Å². The maximum absolute atomic E-state index is 12.4. The fourth-order valence-electron chi connectivity index (χ4n) is 2.25. The van der Waals surface area contributed by atoms with Crippen molar-refractivity contribution in [3.05, 3.63) is 27.8 Å². The Balaban J connectivity index is 1.96. The van der Waals surface area contributed by atoms with Gasteiger partial charge in [-0.25, -0.2) is 0 Å². The van der Waals surface area contributed by atoms with Crippen LogP contribution in [-0.4, -0.2) is 35.7 Å². The van der Waals surface area contributed by atoms with Gasteiger partial charge in [0.15, 0.2) is 0 Å². The Hall–Kier alpha value is -0.990. The standard InChI is InChI=1S/C14H15F3INO2/c1-13(21-11-4-2-10(18)3-5-11)6-8-19(9-7-13)12(20)14(15,16)17/h2-5H,6-9H2,1H3. The number of ether oxygens (including phenoxy) is 1. The van der Waals surface area contributed by atoms with Crippen LogP contribution < -0.4 is 4.74 Å². The lowest BCUT2D eigenvalue weighted by atomic mass is 9.93. The van der Waals surface area contributed by atoms with Crippen LogP contribution in [0, 0.1) is 3.57 Å². The van der Waals surface area contributed by atoms with Crippen molar-refractivity contribution in [3.8, 4) is 5.75 Å². The fraction of sp³-hybridized carbons (Fsp3) is 0.500. The van der Waals surface area contributed by atoms with Gasteiger partial charge in [0, 0.05) is 29.5 Å². The van der Waals surface area contributed by atoms with Crippen molar-refractivity contribution in [2.45, 2.75) is 31.5 Å². The van der Waals surface area contributed by atoms with Crippen molar-refractivity contribution in [1.82, 2.24) is 4.90 Å². The first-order valence-corrected chi connectivity index (χ1v) is 7.58. The van der Waals surface area contributed by atoms with Gasteiger partial charge in [-0.2, -0.15) is 13.2 Å². The van der Waals surface area contributed by atoms with Gasteiger partial charge in [-0.3, -0.25) is 4.79 Å². The molecule has 0 saturated carbocycles. The monoisotopic (exact) mass is 413 g/mol. The third-order valence-electron chi connectivity index (χ3n) is 3.53. The third kappa shape index (κ3) is 4.24. The molecule has 2 rings (SSSR count). The van der Waals surface area contributed by atoms with E-state index >= 15 is 0 Å². The predicted octanol–water partition coefficient (Wildman–Crippen LogP) is 3.61. The maximum atomic E-state index is 12.4. The molecule has 3 nitrogen and oxygen atoms in total. The van der Waals surface area contributed by atoms with Crippen molar-refractivity contribution >= 4 is 28.5 Å². The van der Waals surface area contributed by atoms with Gasteiger partial charge in [-0.1, -0.05) is 0 Å². The quantitative estimate of drug-likeness (QED) is 0.694. The van der Waals surface area contributed by atoms with Gasteiger partial charge in [0.25, 0.3) is 0 Å². The molecule has 1 heterocycles. The predicted molar refractivity (Wildman–Crippen MR) is 80.1 cm³/mol. The molecular weight excluding hydrogens is 398 g/mol. The Morgan fingerprint density at radius 1 is 1.24 bits per heavy atom. The van der Waals surface area contributed by atoms with Gasteiger partial charge in [-0.15, -0.1) is 0 Å². The zero-order valence-electron chi connectivity index (χ0n) is 11.4. The molecule has 1 aliphatic heterocycles. The zero-order chi connectivity index (χ0) is 15.7. The zero-order valence-corrected chi connectivity index (χ0v) is 13.6. The molecule has 1 saturated heterocycles. The van der Waals surface area contributed by atoms with E-state index in [0.717, 1.165) is 8.47 Å². The van der Waals surface area contributed by atoms with Gasteiger partial charge in [0.05, 0.1) is 0 Å². The van der Waals surface area contributed by atoms with E-state index in [0.29, 0.717) is 18.6 Å². The Morgan fingerprint density at radius 3 is 2.24 bits per heavy atom. The number of amides is 1. The van der Waals surface area contributed by atoms with E-state index in [2.05, 4.69) is 22.6 Å². The molecule has 7 heteroatoms. The number of rotatable bonds is 2. The molecule has 1 aliphatic rings. The summed E-state index contributed by atoms with van der Waals surface area (Å²) in [6.07, 6.45) is -4.05. The van der Waals surface area contributed by atoms with E-state index in [-0.39, 0.29) is 13.1 Å². The van der Waals surface area contributed by atoms with E-state index in [1.165, 1.54) is 0 Å². The number of hydrogen-bond acceptors (Lipinski definition) is 2. The summed E-state index contributed by atoms with van der Waals surface area (Å²) in [7, 11) is 0.